The van der Waals surface area contributed by atoms with Crippen LogP contribution in [0.25, 0.3) is 0 Å². The average Bonchev–Trinajstić information content (AvgIpc) is 2.82. The fourth-order valence-electron chi connectivity index (χ4n) is 1.39. The fraction of sp³-hybridized carbons (Fsp3) is 0.545. The number of carbonyl (C=O) groups excluding carboxylic acids is 1. The molecule has 0 fully saturated rings. The summed E-state index contributed by atoms with van der Waals surface area (Å²) in [6.07, 6.45) is 1.26. The van der Waals surface area contributed by atoms with Gasteiger partial charge in [0.15, 0.2) is 5.69 Å². The summed E-state index contributed by atoms with van der Waals surface area (Å²) in [6, 6.07) is 0. The average molecular weight is 271 g/mol. The first-order valence-electron chi connectivity index (χ1n) is 5.71. The molecule has 1 aromatic rings. The van der Waals surface area contributed by atoms with Crippen molar-refractivity contribution in [2.75, 3.05) is 6.54 Å². The van der Waals surface area contributed by atoms with Crippen LogP contribution in [0.15, 0.2) is 5.38 Å². The molecule has 1 rings (SSSR count). The van der Waals surface area contributed by atoms with Crippen LogP contribution in [0.2, 0.25) is 0 Å². The van der Waals surface area contributed by atoms with Crippen LogP contribution < -0.4 is 11.1 Å². The van der Waals surface area contributed by atoms with E-state index in [1.165, 1.54) is 16.7 Å². The maximum Gasteiger partial charge on any atom is 0.355 e. The second-order valence-electron chi connectivity index (χ2n) is 3.92. The van der Waals surface area contributed by atoms with Crippen molar-refractivity contribution in [2.24, 2.45) is 11.7 Å². The van der Waals surface area contributed by atoms with Gasteiger partial charge >= 0.3 is 5.97 Å². The molecule has 7 heteroatoms. The Labute approximate surface area is 109 Å². The molecule has 1 aromatic heterocycles. The van der Waals surface area contributed by atoms with Gasteiger partial charge in [0, 0.05) is 11.8 Å². The molecule has 4 N–H and O–H groups in total. The Balaban J connectivity index is 2.39. The molecular formula is C11H17N3O3S. The molecule has 0 aliphatic carbocycles. The number of nitrogens with zero attached hydrogens (tertiary/aromatic N) is 1. The van der Waals surface area contributed by atoms with Crippen LogP contribution in [-0.4, -0.2) is 28.5 Å². The van der Waals surface area contributed by atoms with Crippen molar-refractivity contribution in [3.05, 3.63) is 16.1 Å². The molecule has 0 radical (unpaired) electrons. The zero-order valence-corrected chi connectivity index (χ0v) is 11.0. The van der Waals surface area contributed by atoms with E-state index in [9.17, 15) is 9.59 Å². The maximum absolute atomic E-state index is 11.6. The summed E-state index contributed by atoms with van der Waals surface area (Å²) in [7, 11) is 0. The first-order chi connectivity index (χ1) is 8.56. The molecule has 1 atom stereocenters. The second kappa shape index (κ2) is 7.07. The van der Waals surface area contributed by atoms with Gasteiger partial charge in [0.25, 0.3) is 0 Å². The number of amides is 1. The van der Waals surface area contributed by atoms with Crippen LogP contribution in [0.3, 0.4) is 0 Å². The minimum absolute atomic E-state index is 0.0117. The second-order valence-corrected chi connectivity index (χ2v) is 4.87. The summed E-state index contributed by atoms with van der Waals surface area (Å²) in [5.74, 6) is -0.951. The van der Waals surface area contributed by atoms with Gasteiger partial charge in [-0.15, -0.1) is 11.3 Å². The van der Waals surface area contributed by atoms with Crippen LogP contribution in [0, 0.1) is 5.92 Å². The maximum atomic E-state index is 11.6. The molecule has 0 aliphatic heterocycles. The number of hydrogen-bond donors (Lipinski definition) is 3. The third kappa shape index (κ3) is 4.42. The van der Waals surface area contributed by atoms with Gasteiger partial charge < -0.3 is 16.2 Å². The van der Waals surface area contributed by atoms with Crippen LogP contribution in [-0.2, 0) is 11.3 Å². The van der Waals surface area contributed by atoms with E-state index in [4.69, 9.17) is 10.8 Å². The highest BCUT2D eigenvalue weighted by molar-refractivity contribution is 7.09. The standard InChI is InChI=1S/C11H17N3O3S/c1-2-7(4-12)3-9(15)13-5-10-14-8(6-18-10)11(16)17/h6-7H,2-5,12H2,1H3,(H,13,15)(H,16,17). The topological polar surface area (TPSA) is 105 Å². The van der Waals surface area contributed by atoms with Crippen LogP contribution in [0.1, 0.15) is 35.3 Å². The van der Waals surface area contributed by atoms with Gasteiger partial charge in [-0.3, -0.25) is 4.79 Å². The summed E-state index contributed by atoms with van der Waals surface area (Å²) < 4.78 is 0. The van der Waals surface area contributed by atoms with Gasteiger partial charge in [-0.2, -0.15) is 0 Å². The van der Waals surface area contributed by atoms with Gasteiger partial charge in [0.2, 0.25) is 5.91 Å². The Morgan fingerprint density at radius 1 is 1.61 bits per heavy atom. The van der Waals surface area contributed by atoms with E-state index >= 15 is 0 Å². The summed E-state index contributed by atoms with van der Waals surface area (Å²) in [5.41, 5.74) is 5.53. The summed E-state index contributed by atoms with van der Waals surface area (Å²) >= 11 is 1.22. The number of aromatic nitrogens is 1. The predicted molar refractivity (Wildman–Crippen MR) is 68.4 cm³/mol. The van der Waals surface area contributed by atoms with Gasteiger partial charge in [0.05, 0.1) is 6.54 Å². The molecule has 0 spiro atoms. The monoisotopic (exact) mass is 271 g/mol. The minimum Gasteiger partial charge on any atom is -0.476 e. The largest absolute Gasteiger partial charge is 0.476 e. The molecule has 0 saturated heterocycles. The van der Waals surface area contributed by atoms with E-state index in [2.05, 4.69) is 10.3 Å². The van der Waals surface area contributed by atoms with Crippen molar-refractivity contribution in [2.45, 2.75) is 26.3 Å². The Bertz CT molecular complexity index is 415. The number of carboxylic acids is 1. The number of nitrogens with two attached hydrogens (primary N) is 1. The lowest BCUT2D eigenvalue weighted by Crippen LogP contribution is -2.27. The number of aromatic carboxylic acids is 1. The minimum atomic E-state index is -1.06. The lowest BCUT2D eigenvalue weighted by atomic mass is 10.0. The smallest absolute Gasteiger partial charge is 0.355 e. The van der Waals surface area contributed by atoms with Gasteiger partial charge in [0.1, 0.15) is 5.01 Å². The summed E-state index contributed by atoms with van der Waals surface area (Å²) in [4.78, 5) is 26.1. The van der Waals surface area contributed by atoms with Crippen LogP contribution >= 0.6 is 11.3 Å². The Hall–Kier alpha value is -1.47. The van der Waals surface area contributed by atoms with E-state index in [0.29, 0.717) is 18.0 Å². The molecule has 6 nitrogen and oxygen atoms in total. The SMILES string of the molecule is CCC(CN)CC(=O)NCc1nc(C(=O)O)cs1. The number of thiazole rings is 1. The van der Waals surface area contributed by atoms with Crippen LogP contribution in [0.4, 0.5) is 0 Å². The predicted octanol–water partition coefficient (Wildman–Crippen LogP) is 0.832. The molecule has 1 amide bonds. The third-order valence-electron chi connectivity index (χ3n) is 2.59. The third-order valence-corrected chi connectivity index (χ3v) is 3.44. The molecular weight excluding hydrogens is 254 g/mol. The first-order valence-corrected chi connectivity index (χ1v) is 6.59. The van der Waals surface area contributed by atoms with Crippen LogP contribution in [0.5, 0.6) is 0 Å². The van der Waals surface area contributed by atoms with Crippen molar-refractivity contribution in [1.29, 1.82) is 0 Å². The molecule has 1 unspecified atom stereocenters. The molecule has 1 heterocycles. The van der Waals surface area contributed by atoms with Crippen molar-refractivity contribution in [3.8, 4) is 0 Å². The fourth-order valence-corrected chi connectivity index (χ4v) is 2.10. The van der Waals surface area contributed by atoms with Gasteiger partial charge in [-0.1, -0.05) is 13.3 Å². The molecule has 0 bridgehead atoms. The molecule has 0 aromatic carbocycles. The Kier molecular flexibility index (Phi) is 5.73. The summed E-state index contributed by atoms with van der Waals surface area (Å²) in [6.45, 7) is 2.74. The Morgan fingerprint density at radius 2 is 2.33 bits per heavy atom. The normalized spacial score (nSPS) is 12.1. The first kappa shape index (κ1) is 14.6. The molecule has 100 valence electrons. The highest BCUT2D eigenvalue weighted by atomic mass is 32.1. The zero-order valence-electron chi connectivity index (χ0n) is 10.2. The highest BCUT2D eigenvalue weighted by Crippen LogP contribution is 2.10. The lowest BCUT2D eigenvalue weighted by Gasteiger charge is -2.11. The van der Waals surface area contributed by atoms with E-state index in [0.717, 1.165) is 6.42 Å². The molecule has 0 saturated carbocycles. The number of rotatable bonds is 7. The number of carbonyl (C=O) groups is 2. The van der Waals surface area contributed by atoms with Gasteiger partial charge in [-0.05, 0) is 12.5 Å². The lowest BCUT2D eigenvalue weighted by molar-refractivity contribution is -0.122. The zero-order chi connectivity index (χ0) is 13.5. The van der Waals surface area contributed by atoms with E-state index in [-0.39, 0.29) is 24.1 Å². The Morgan fingerprint density at radius 3 is 2.83 bits per heavy atom. The van der Waals surface area contributed by atoms with E-state index in [1.807, 2.05) is 6.92 Å². The molecule has 18 heavy (non-hydrogen) atoms. The molecule has 0 aliphatic rings. The van der Waals surface area contributed by atoms with Crippen molar-refractivity contribution < 1.29 is 14.7 Å². The highest BCUT2D eigenvalue weighted by Gasteiger charge is 2.12. The van der Waals surface area contributed by atoms with Crippen molar-refractivity contribution >= 4 is 23.2 Å². The number of nitrogens with one attached hydrogen (secondary N) is 1. The van der Waals surface area contributed by atoms with E-state index in [1.54, 1.807) is 0 Å². The quantitative estimate of drug-likeness (QED) is 0.681. The van der Waals surface area contributed by atoms with Gasteiger partial charge in [-0.25, -0.2) is 9.78 Å². The number of hydrogen-bond acceptors (Lipinski definition) is 5. The number of carboxylic acid groups (broad SMARTS) is 1. The van der Waals surface area contributed by atoms with E-state index < -0.39 is 5.97 Å². The van der Waals surface area contributed by atoms with Crippen molar-refractivity contribution in [1.82, 2.24) is 10.3 Å². The summed E-state index contributed by atoms with van der Waals surface area (Å²) in [5, 5.41) is 13.5. The van der Waals surface area contributed by atoms with Crippen molar-refractivity contribution in [3.63, 3.8) is 0 Å².